The van der Waals surface area contributed by atoms with E-state index in [2.05, 4.69) is 0 Å². The van der Waals surface area contributed by atoms with Crippen molar-refractivity contribution in [3.8, 4) is 5.75 Å². The molecular weight excluding hydrogens is 272 g/mol. The molecule has 2 aromatic carbocycles. The highest BCUT2D eigenvalue weighted by Crippen LogP contribution is 2.32. The molecule has 0 aliphatic rings. The molecule has 0 saturated carbocycles. The van der Waals surface area contributed by atoms with Gasteiger partial charge in [0, 0.05) is 5.56 Å². The normalized spacial score (nSPS) is 13.1. The van der Waals surface area contributed by atoms with E-state index in [1.165, 1.54) is 0 Å². The molecule has 0 fully saturated rings. The lowest BCUT2D eigenvalue weighted by molar-refractivity contribution is -0.163. The molecule has 2 N–H and O–H groups in total. The number of benzene rings is 2. The molecule has 5 nitrogen and oxygen atoms in total. The van der Waals surface area contributed by atoms with Crippen LogP contribution < -0.4 is 4.74 Å². The fourth-order valence-corrected chi connectivity index (χ4v) is 2.05. The molecule has 5 heteroatoms. The third-order valence-electron chi connectivity index (χ3n) is 3.02. The summed E-state index contributed by atoms with van der Waals surface area (Å²) in [5, 5.41) is 18.7. The van der Waals surface area contributed by atoms with Crippen molar-refractivity contribution in [3.05, 3.63) is 66.2 Å². The van der Waals surface area contributed by atoms with Crippen LogP contribution in [0.2, 0.25) is 0 Å². The summed E-state index contributed by atoms with van der Waals surface area (Å²) in [5.74, 6) is -2.30. The standard InChI is InChI=1S/C16H14O5/c17-14(18)11-16(15(19)20,12-7-3-1-4-8-12)21-13-9-5-2-6-10-13/h1-10H,11H2,(H,17,18)(H,19,20). The van der Waals surface area contributed by atoms with Crippen LogP contribution in [0.5, 0.6) is 5.75 Å². The molecule has 21 heavy (non-hydrogen) atoms. The van der Waals surface area contributed by atoms with Crippen molar-refractivity contribution in [1.82, 2.24) is 0 Å². The van der Waals surface area contributed by atoms with Crippen LogP contribution in [0.15, 0.2) is 60.7 Å². The van der Waals surface area contributed by atoms with Gasteiger partial charge in [-0.05, 0) is 12.1 Å². The summed E-state index contributed by atoms with van der Waals surface area (Å²) in [7, 11) is 0. The van der Waals surface area contributed by atoms with E-state index in [4.69, 9.17) is 9.84 Å². The van der Waals surface area contributed by atoms with Crippen LogP contribution in [-0.4, -0.2) is 22.2 Å². The Balaban J connectivity index is 2.51. The van der Waals surface area contributed by atoms with Crippen LogP contribution >= 0.6 is 0 Å². The Bertz CT molecular complexity index is 624. The maximum absolute atomic E-state index is 11.8. The van der Waals surface area contributed by atoms with Gasteiger partial charge < -0.3 is 14.9 Å². The highest BCUT2D eigenvalue weighted by atomic mass is 16.5. The summed E-state index contributed by atoms with van der Waals surface area (Å²) in [5.41, 5.74) is -1.68. The van der Waals surface area contributed by atoms with Gasteiger partial charge in [0.1, 0.15) is 12.2 Å². The average molecular weight is 286 g/mol. The summed E-state index contributed by atoms with van der Waals surface area (Å²) in [6, 6.07) is 16.4. The first-order valence-electron chi connectivity index (χ1n) is 6.29. The third-order valence-corrected chi connectivity index (χ3v) is 3.02. The van der Waals surface area contributed by atoms with Crippen molar-refractivity contribution >= 4 is 11.9 Å². The first-order valence-corrected chi connectivity index (χ1v) is 6.29. The Morgan fingerprint density at radius 1 is 0.905 bits per heavy atom. The van der Waals surface area contributed by atoms with Crippen LogP contribution in [0.25, 0.3) is 0 Å². The van der Waals surface area contributed by atoms with Crippen LogP contribution in [0.1, 0.15) is 12.0 Å². The van der Waals surface area contributed by atoms with E-state index < -0.39 is 24.0 Å². The number of rotatable bonds is 6. The predicted molar refractivity (Wildman–Crippen MR) is 75.1 cm³/mol. The zero-order chi connectivity index (χ0) is 15.3. The Labute approximate surface area is 121 Å². The number of carboxylic acid groups (broad SMARTS) is 2. The maximum Gasteiger partial charge on any atom is 0.353 e. The molecule has 108 valence electrons. The molecule has 1 atom stereocenters. The molecule has 1 unspecified atom stereocenters. The first-order chi connectivity index (χ1) is 10.0. The van der Waals surface area contributed by atoms with E-state index in [0.29, 0.717) is 5.75 Å². The molecule has 0 radical (unpaired) electrons. The van der Waals surface area contributed by atoms with Crippen molar-refractivity contribution in [2.75, 3.05) is 0 Å². The van der Waals surface area contributed by atoms with Gasteiger partial charge in [0.25, 0.3) is 0 Å². The van der Waals surface area contributed by atoms with Gasteiger partial charge in [-0.15, -0.1) is 0 Å². The van der Waals surface area contributed by atoms with E-state index in [1.54, 1.807) is 60.7 Å². The van der Waals surface area contributed by atoms with Crippen molar-refractivity contribution < 1.29 is 24.5 Å². The molecule has 0 aliphatic carbocycles. The summed E-state index contributed by atoms with van der Waals surface area (Å²) in [4.78, 5) is 22.9. The second kappa shape index (κ2) is 6.09. The monoisotopic (exact) mass is 286 g/mol. The minimum Gasteiger partial charge on any atom is -0.481 e. The SMILES string of the molecule is O=C(O)CC(Oc1ccccc1)(C(=O)O)c1ccccc1. The van der Waals surface area contributed by atoms with Crippen LogP contribution in [0.3, 0.4) is 0 Å². The molecule has 0 saturated heterocycles. The Morgan fingerprint density at radius 3 is 1.90 bits per heavy atom. The molecule has 0 spiro atoms. The van der Waals surface area contributed by atoms with Gasteiger partial charge in [-0.1, -0.05) is 48.5 Å². The number of aliphatic carboxylic acids is 2. The van der Waals surface area contributed by atoms with E-state index in [1.807, 2.05) is 0 Å². The Hall–Kier alpha value is -2.82. The van der Waals surface area contributed by atoms with Gasteiger partial charge in [-0.2, -0.15) is 0 Å². The van der Waals surface area contributed by atoms with Crippen molar-refractivity contribution in [2.45, 2.75) is 12.0 Å². The van der Waals surface area contributed by atoms with Crippen molar-refractivity contribution in [1.29, 1.82) is 0 Å². The zero-order valence-electron chi connectivity index (χ0n) is 11.1. The van der Waals surface area contributed by atoms with E-state index >= 15 is 0 Å². The predicted octanol–water partition coefficient (Wildman–Crippen LogP) is 2.52. The second-order valence-electron chi connectivity index (χ2n) is 4.48. The topological polar surface area (TPSA) is 83.8 Å². The fraction of sp³-hybridized carbons (Fsp3) is 0.125. The molecular formula is C16H14O5. The van der Waals surface area contributed by atoms with Gasteiger partial charge in [0.2, 0.25) is 5.60 Å². The lowest BCUT2D eigenvalue weighted by Crippen LogP contribution is -2.43. The van der Waals surface area contributed by atoms with Crippen LogP contribution in [0.4, 0.5) is 0 Å². The summed E-state index contributed by atoms with van der Waals surface area (Å²) < 4.78 is 5.58. The van der Waals surface area contributed by atoms with Gasteiger partial charge in [-0.25, -0.2) is 4.79 Å². The lowest BCUT2D eigenvalue weighted by Gasteiger charge is -2.29. The number of hydrogen-bond donors (Lipinski definition) is 2. The number of hydrogen-bond acceptors (Lipinski definition) is 3. The second-order valence-corrected chi connectivity index (χ2v) is 4.48. The number of para-hydroxylation sites is 1. The Kier molecular flexibility index (Phi) is 4.23. The summed E-state index contributed by atoms with van der Waals surface area (Å²) in [6.07, 6.45) is -0.679. The van der Waals surface area contributed by atoms with E-state index in [0.717, 1.165) is 0 Å². The first kappa shape index (κ1) is 14.6. The lowest BCUT2D eigenvalue weighted by atomic mass is 9.90. The van der Waals surface area contributed by atoms with Crippen molar-refractivity contribution in [3.63, 3.8) is 0 Å². The van der Waals surface area contributed by atoms with Gasteiger partial charge >= 0.3 is 11.9 Å². The fourth-order valence-electron chi connectivity index (χ4n) is 2.05. The van der Waals surface area contributed by atoms with Gasteiger partial charge in [0.05, 0.1) is 0 Å². The average Bonchev–Trinajstić information content (AvgIpc) is 2.48. The van der Waals surface area contributed by atoms with Crippen molar-refractivity contribution in [2.24, 2.45) is 0 Å². The minimum atomic E-state index is -1.96. The highest BCUT2D eigenvalue weighted by Gasteiger charge is 2.45. The zero-order valence-corrected chi connectivity index (χ0v) is 11.1. The quantitative estimate of drug-likeness (QED) is 0.852. The van der Waals surface area contributed by atoms with Gasteiger partial charge in [-0.3, -0.25) is 4.79 Å². The van der Waals surface area contributed by atoms with E-state index in [9.17, 15) is 14.7 Å². The molecule has 0 aliphatic heterocycles. The molecule has 0 aromatic heterocycles. The van der Waals surface area contributed by atoms with Gasteiger partial charge in [0.15, 0.2) is 0 Å². The Morgan fingerprint density at radius 2 is 1.43 bits per heavy atom. The number of carbonyl (C=O) groups is 2. The summed E-state index contributed by atoms with van der Waals surface area (Å²) >= 11 is 0. The minimum absolute atomic E-state index is 0.281. The number of carboxylic acids is 2. The van der Waals surface area contributed by atoms with Crippen LogP contribution in [-0.2, 0) is 15.2 Å². The third kappa shape index (κ3) is 3.20. The smallest absolute Gasteiger partial charge is 0.353 e. The summed E-state index contributed by atoms with van der Waals surface area (Å²) in [6.45, 7) is 0. The molecule has 0 amide bonds. The molecule has 2 rings (SSSR count). The maximum atomic E-state index is 11.8. The van der Waals surface area contributed by atoms with Crippen LogP contribution in [0, 0.1) is 0 Å². The highest BCUT2D eigenvalue weighted by molar-refractivity contribution is 5.85. The number of ether oxygens (including phenoxy) is 1. The van der Waals surface area contributed by atoms with E-state index in [-0.39, 0.29) is 5.56 Å². The molecule has 0 bridgehead atoms. The molecule has 0 heterocycles. The largest absolute Gasteiger partial charge is 0.481 e. The molecule has 2 aromatic rings.